The number of benzene rings is 1. The Bertz CT molecular complexity index is 1060. The van der Waals surface area contributed by atoms with E-state index in [1.165, 1.54) is 4.90 Å². The standard InChI is InChI=1S/C30H41NO7/c1-3-19(16-20-9-12-22(33)13-10-20)11-14-25(34)27-21(4-2)17-23-28(24(27)18-32)30(38)31(29(23)37)15-7-5-6-8-26(35)36/h9-10,12-13,16,23-25,28,32-34H,3-8,11,14-15,17-18H2,1-2H3,(H,35,36)/b19-16+/t23-,24+,25-,28-/m1/s1. The van der Waals surface area contributed by atoms with Crippen LogP contribution in [0.5, 0.6) is 5.75 Å². The Hall–Kier alpha value is -2.97. The molecular weight excluding hydrogens is 486 g/mol. The van der Waals surface area contributed by atoms with Crippen LogP contribution in [0.15, 0.2) is 41.0 Å². The minimum atomic E-state index is -0.860. The van der Waals surface area contributed by atoms with Crippen molar-refractivity contribution in [1.82, 2.24) is 4.90 Å². The molecule has 0 bridgehead atoms. The summed E-state index contributed by atoms with van der Waals surface area (Å²) in [6.07, 6.45) is 5.87. The predicted octanol–water partition coefficient (Wildman–Crippen LogP) is 4.29. The Morgan fingerprint density at radius 1 is 1.08 bits per heavy atom. The number of carboxylic acid groups (broad SMARTS) is 1. The average molecular weight is 528 g/mol. The molecule has 8 nitrogen and oxygen atoms in total. The summed E-state index contributed by atoms with van der Waals surface area (Å²) in [5, 5.41) is 40.0. The summed E-state index contributed by atoms with van der Waals surface area (Å²) in [7, 11) is 0. The number of phenolic OH excluding ortho intramolecular Hbond substituents is 1. The van der Waals surface area contributed by atoms with Gasteiger partial charge in [0, 0.05) is 18.9 Å². The number of aliphatic hydroxyl groups is 2. The molecule has 8 heteroatoms. The molecule has 38 heavy (non-hydrogen) atoms. The maximum atomic E-state index is 13.4. The van der Waals surface area contributed by atoms with Crippen LogP contribution >= 0.6 is 0 Å². The summed E-state index contributed by atoms with van der Waals surface area (Å²) in [4.78, 5) is 38.6. The van der Waals surface area contributed by atoms with Crippen molar-refractivity contribution < 1.29 is 34.8 Å². The Labute approximate surface area is 224 Å². The van der Waals surface area contributed by atoms with Crippen LogP contribution in [0.25, 0.3) is 6.08 Å². The lowest BCUT2D eigenvalue weighted by molar-refractivity contribution is -0.141. The van der Waals surface area contributed by atoms with E-state index >= 15 is 0 Å². The fourth-order valence-corrected chi connectivity index (χ4v) is 5.94. The third-order valence-corrected chi connectivity index (χ3v) is 7.99. The van der Waals surface area contributed by atoms with Gasteiger partial charge >= 0.3 is 5.97 Å². The lowest BCUT2D eigenvalue weighted by Gasteiger charge is -2.36. The van der Waals surface area contributed by atoms with Crippen LogP contribution in [0, 0.1) is 17.8 Å². The Balaban J connectivity index is 1.72. The number of amides is 2. The van der Waals surface area contributed by atoms with Crippen molar-refractivity contribution in [2.24, 2.45) is 17.8 Å². The number of carboxylic acids is 1. The molecule has 1 aliphatic carbocycles. The summed E-state index contributed by atoms with van der Waals surface area (Å²) >= 11 is 0. The second kappa shape index (κ2) is 13.7. The third-order valence-electron chi connectivity index (χ3n) is 7.99. The average Bonchev–Trinajstić information content (AvgIpc) is 3.14. The minimum absolute atomic E-state index is 0.0641. The summed E-state index contributed by atoms with van der Waals surface area (Å²) in [6, 6.07) is 6.94. The highest BCUT2D eigenvalue weighted by molar-refractivity contribution is 6.05. The lowest BCUT2D eigenvalue weighted by Crippen LogP contribution is -2.39. The van der Waals surface area contributed by atoms with E-state index in [2.05, 4.69) is 13.0 Å². The number of nitrogens with zero attached hydrogens (tertiary/aromatic N) is 1. The zero-order valence-corrected chi connectivity index (χ0v) is 22.4. The number of fused-ring (bicyclic) bond motifs is 1. The number of aromatic hydroxyl groups is 1. The Kier molecular flexibility index (Phi) is 10.7. The first-order chi connectivity index (χ1) is 18.2. The lowest BCUT2D eigenvalue weighted by atomic mass is 9.67. The number of carbonyl (C=O) groups is 3. The maximum absolute atomic E-state index is 13.4. The zero-order valence-electron chi connectivity index (χ0n) is 22.4. The van der Waals surface area contributed by atoms with Crippen molar-refractivity contribution in [3.05, 3.63) is 46.5 Å². The number of imide groups is 1. The first-order valence-corrected chi connectivity index (χ1v) is 13.8. The molecule has 4 N–H and O–H groups in total. The van der Waals surface area contributed by atoms with Crippen LogP contribution in [-0.2, 0) is 14.4 Å². The Morgan fingerprint density at radius 2 is 1.79 bits per heavy atom. The van der Waals surface area contributed by atoms with Crippen LogP contribution in [-0.4, -0.2) is 62.4 Å². The van der Waals surface area contributed by atoms with E-state index < -0.39 is 29.8 Å². The van der Waals surface area contributed by atoms with Gasteiger partial charge in [-0.3, -0.25) is 19.3 Å². The van der Waals surface area contributed by atoms with Crippen LogP contribution in [0.2, 0.25) is 0 Å². The summed E-state index contributed by atoms with van der Waals surface area (Å²) in [5.74, 6) is -2.97. The molecule has 2 aliphatic rings. The molecule has 0 aromatic heterocycles. The van der Waals surface area contributed by atoms with Gasteiger partial charge in [0.05, 0.1) is 24.5 Å². The van der Waals surface area contributed by atoms with Gasteiger partial charge in [-0.15, -0.1) is 0 Å². The highest BCUT2D eigenvalue weighted by atomic mass is 16.4. The monoisotopic (exact) mass is 527 g/mol. The highest BCUT2D eigenvalue weighted by Crippen LogP contribution is 2.47. The molecule has 2 amide bonds. The molecule has 1 aromatic carbocycles. The molecular formula is C30H41NO7. The first-order valence-electron chi connectivity index (χ1n) is 13.8. The molecule has 0 radical (unpaired) electrons. The van der Waals surface area contributed by atoms with Gasteiger partial charge in [0.15, 0.2) is 0 Å². The number of hydrogen-bond acceptors (Lipinski definition) is 6. The molecule has 0 saturated carbocycles. The quantitative estimate of drug-likeness (QED) is 0.161. The Morgan fingerprint density at radius 3 is 2.39 bits per heavy atom. The predicted molar refractivity (Wildman–Crippen MR) is 144 cm³/mol. The van der Waals surface area contributed by atoms with Crippen molar-refractivity contribution >= 4 is 23.9 Å². The summed E-state index contributed by atoms with van der Waals surface area (Å²) in [6.45, 7) is 3.97. The van der Waals surface area contributed by atoms with Gasteiger partial charge in [-0.2, -0.15) is 0 Å². The van der Waals surface area contributed by atoms with Gasteiger partial charge < -0.3 is 20.4 Å². The molecule has 1 heterocycles. The van der Waals surface area contributed by atoms with E-state index in [0.29, 0.717) is 50.5 Å². The van der Waals surface area contributed by atoms with Crippen molar-refractivity contribution in [2.75, 3.05) is 13.2 Å². The van der Waals surface area contributed by atoms with E-state index in [1.54, 1.807) is 12.1 Å². The number of aliphatic carboxylic acids is 1. The number of phenols is 1. The molecule has 0 unspecified atom stereocenters. The number of carbonyl (C=O) groups excluding carboxylic acids is 2. The van der Waals surface area contributed by atoms with Gasteiger partial charge in [0.25, 0.3) is 0 Å². The molecule has 1 saturated heterocycles. The molecule has 4 atom stereocenters. The highest BCUT2D eigenvalue weighted by Gasteiger charge is 2.54. The van der Waals surface area contributed by atoms with Gasteiger partial charge in [0.2, 0.25) is 11.8 Å². The second-order valence-corrected chi connectivity index (χ2v) is 10.4. The summed E-state index contributed by atoms with van der Waals surface area (Å²) in [5.41, 5.74) is 3.77. The van der Waals surface area contributed by atoms with Gasteiger partial charge in [-0.25, -0.2) is 0 Å². The van der Waals surface area contributed by atoms with Gasteiger partial charge in [0.1, 0.15) is 5.75 Å². The van der Waals surface area contributed by atoms with Crippen molar-refractivity contribution in [1.29, 1.82) is 0 Å². The normalized spacial score (nSPS) is 22.7. The maximum Gasteiger partial charge on any atom is 0.303 e. The minimum Gasteiger partial charge on any atom is -0.508 e. The van der Waals surface area contributed by atoms with Gasteiger partial charge in [-0.1, -0.05) is 49.6 Å². The second-order valence-electron chi connectivity index (χ2n) is 10.4. The molecule has 3 rings (SSSR count). The topological polar surface area (TPSA) is 135 Å². The van der Waals surface area contributed by atoms with E-state index in [-0.39, 0.29) is 37.1 Å². The third kappa shape index (κ3) is 6.91. The van der Waals surface area contributed by atoms with Crippen molar-refractivity contribution in [3.63, 3.8) is 0 Å². The van der Waals surface area contributed by atoms with Crippen LogP contribution in [0.1, 0.15) is 77.2 Å². The largest absolute Gasteiger partial charge is 0.508 e. The molecule has 208 valence electrons. The number of likely N-dealkylation sites (tertiary alicyclic amines) is 1. The van der Waals surface area contributed by atoms with Crippen molar-refractivity contribution in [2.45, 2.75) is 77.7 Å². The van der Waals surface area contributed by atoms with Crippen molar-refractivity contribution in [3.8, 4) is 5.75 Å². The van der Waals surface area contributed by atoms with Crippen LogP contribution in [0.3, 0.4) is 0 Å². The van der Waals surface area contributed by atoms with E-state index in [0.717, 1.165) is 23.1 Å². The molecule has 1 aromatic rings. The van der Waals surface area contributed by atoms with Gasteiger partial charge in [-0.05, 0) is 68.2 Å². The van der Waals surface area contributed by atoms with E-state index in [4.69, 9.17) is 5.11 Å². The molecule has 0 spiro atoms. The molecule has 1 fully saturated rings. The van der Waals surface area contributed by atoms with E-state index in [1.807, 2.05) is 19.1 Å². The smallest absolute Gasteiger partial charge is 0.303 e. The number of unbranched alkanes of at least 4 members (excludes halogenated alkanes) is 2. The van der Waals surface area contributed by atoms with E-state index in [9.17, 15) is 29.7 Å². The number of aliphatic hydroxyl groups excluding tert-OH is 2. The number of hydrogen-bond donors (Lipinski definition) is 4. The number of allylic oxidation sites excluding steroid dienone is 2. The number of rotatable bonds is 14. The SMILES string of the molecule is CCC1=C([C@H](O)CC/C(=C/c2ccc(O)cc2)CC)[C@H](CO)[C@@H]2C(=O)N(CCCCCC(=O)O)C(=O)[C@@H]2C1. The zero-order chi connectivity index (χ0) is 27.8. The fourth-order valence-electron chi connectivity index (χ4n) is 5.94. The van der Waals surface area contributed by atoms with Crippen LogP contribution in [0.4, 0.5) is 0 Å². The fraction of sp³-hybridized carbons (Fsp3) is 0.567. The van der Waals surface area contributed by atoms with Crippen LogP contribution < -0.4 is 0 Å². The summed E-state index contributed by atoms with van der Waals surface area (Å²) < 4.78 is 0. The molecule has 1 aliphatic heterocycles. The first kappa shape index (κ1) is 29.6.